The van der Waals surface area contributed by atoms with Gasteiger partial charge in [0.15, 0.2) is 5.43 Å². The highest BCUT2D eigenvalue weighted by Gasteiger charge is 2.42. The highest BCUT2D eigenvalue weighted by Crippen LogP contribution is 2.39. The topological polar surface area (TPSA) is 72.2 Å². The van der Waals surface area contributed by atoms with E-state index in [0.717, 1.165) is 29.8 Å². The van der Waals surface area contributed by atoms with E-state index in [1.807, 2.05) is 50.2 Å². The van der Waals surface area contributed by atoms with E-state index in [-0.39, 0.29) is 17.1 Å². The average Bonchev–Trinajstić information content (AvgIpc) is 3.11. The van der Waals surface area contributed by atoms with E-state index in [9.17, 15) is 9.59 Å². The molecule has 1 amide bonds. The SMILES string of the molecule is COc1cccc(C2c3c(oc4cc(C)c(C)cc4c3=O)C(=O)N2CCN2CCOCC2)c1. The summed E-state index contributed by atoms with van der Waals surface area (Å²) in [5, 5.41) is 0.507. The third-order valence-electron chi connectivity index (χ3n) is 6.75. The van der Waals surface area contributed by atoms with Crippen LogP contribution in [0.3, 0.4) is 0 Å². The second-order valence-corrected chi connectivity index (χ2v) is 8.74. The minimum Gasteiger partial charge on any atom is -0.497 e. The largest absolute Gasteiger partial charge is 0.497 e. The molecule has 7 nitrogen and oxygen atoms in total. The molecule has 1 fully saturated rings. The van der Waals surface area contributed by atoms with Gasteiger partial charge in [0.2, 0.25) is 5.76 Å². The minimum absolute atomic E-state index is 0.144. The molecule has 1 aromatic heterocycles. The molecule has 5 rings (SSSR count). The van der Waals surface area contributed by atoms with Crippen molar-refractivity contribution < 1.29 is 18.7 Å². The summed E-state index contributed by atoms with van der Waals surface area (Å²) in [7, 11) is 1.61. The monoisotopic (exact) mass is 448 g/mol. The van der Waals surface area contributed by atoms with Crippen LogP contribution in [0.25, 0.3) is 11.0 Å². The fourth-order valence-electron chi connectivity index (χ4n) is 4.74. The molecule has 7 heteroatoms. The fourth-order valence-corrected chi connectivity index (χ4v) is 4.74. The van der Waals surface area contributed by atoms with Crippen LogP contribution in [0.4, 0.5) is 0 Å². The van der Waals surface area contributed by atoms with Gasteiger partial charge in [-0.1, -0.05) is 12.1 Å². The maximum atomic E-state index is 13.7. The third kappa shape index (κ3) is 3.81. The molecule has 33 heavy (non-hydrogen) atoms. The summed E-state index contributed by atoms with van der Waals surface area (Å²) in [5.74, 6) is 0.576. The van der Waals surface area contributed by atoms with Crippen molar-refractivity contribution in [2.45, 2.75) is 19.9 Å². The highest BCUT2D eigenvalue weighted by molar-refractivity contribution is 5.99. The predicted octanol–water partition coefficient (Wildman–Crippen LogP) is 3.30. The molecule has 0 spiro atoms. The van der Waals surface area contributed by atoms with Crippen molar-refractivity contribution >= 4 is 16.9 Å². The molecule has 2 aliphatic heterocycles. The Morgan fingerprint density at radius 3 is 2.55 bits per heavy atom. The Morgan fingerprint density at radius 2 is 1.79 bits per heavy atom. The second-order valence-electron chi connectivity index (χ2n) is 8.74. The number of amides is 1. The predicted molar refractivity (Wildman–Crippen MR) is 125 cm³/mol. The van der Waals surface area contributed by atoms with Gasteiger partial charge in [-0.2, -0.15) is 0 Å². The number of fused-ring (bicyclic) bond motifs is 2. The second kappa shape index (κ2) is 8.65. The maximum Gasteiger partial charge on any atom is 0.290 e. The van der Waals surface area contributed by atoms with E-state index in [2.05, 4.69) is 4.90 Å². The lowest BCUT2D eigenvalue weighted by Gasteiger charge is -2.31. The number of carbonyl (C=O) groups excluding carboxylic acids is 1. The van der Waals surface area contributed by atoms with Gasteiger partial charge in [-0.3, -0.25) is 14.5 Å². The van der Waals surface area contributed by atoms with Crippen molar-refractivity contribution in [3.63, 3.8) is 0 Å². The van der Waals surface area contributed by atoms with E-state index in [4.69, 9.17) is 13.9 Å². The number of aryl methyl sites for hydroxylation is 2. The zero-order chi connectivity index (χ0) is 23.1. The van der Waals surface area contributed by atoms with Crippen molar-refractivity contribution in [3.8, 4) is 5.75 Å². The minimum atomic E-state index is -0.522. The van der Waals surface area contributed by atoms with Crippen LogP contribution >= 0.6 is 0 Å². The van der Waals surface area contributed by atoms with Gasteiger partial charge in [0, 0.05) is 26.2 Å². The number of carbonyl (C=O) groups is 1. The van der Waals surface area contributed by atoms with Gasteiger partial charge in [-0.25, -0.2) is 0 Å². The fraction of sp³-hybridized carbons (Fsp3) is 0.385. The number of benzene rings is 2. The lowest BCUT2D eigenvalue weighted by Crippen LogP contribution is -2.42. The van der Waals surface area contributed by atoms with E-state index < -0.39 is 6.04 Å². The highest BCUT2D eigenvalue weighted by atomic mass is 16.5. The van der Waals surface area contributed by atoms with Gasteiger partial charge in [0.25, 0.3) is 5.91 Å². The normalized spacial score (nSPS) is 18.7. The van der Waals surface area contributed by atoms with Crippen LogP contribution in [-0.4, -0.2) is 62.2 Å². The zero-order valence-corrected chi connectivity index (χ0v) is 19.2. The molecule has 0 saturated carbocycles. The molecular weight excluding hydrogens is 420 g/mol. The number of ether oxygens (including phenoxy) is 2. The molecule has 1 saturated heterocycles. The lowest BCUT2D eigenvalue weighted by atomic mass is 9.97. The van der Waals surface area contributed by atoms with Crippen molar-refractivity contribution in [1.29, 1.82) is 0 Å². The molecule has 3 heterocycles. The molecule has 0 N–H and O–H groups in total. The van der Waals surface area contributed by atoms with Gasteiger partial charge in [0.1, 0.15) is 11.3 Å². The number of hydrogen-bond acceptors (Lipinski definition) is 6. The zero-order valence-electron chi connectivity index (χ0n) is 19.2. The summed E-state index contributed by atoms with van der Waals surface area (Å²) in [6.07, 6.45) is 0. The Labute approximate surface area is 192 Å². The van der Waals surface area contributed by atoms with Gasteiger partial charge >= 0.3 is 0 Å². The lowest BCUT2D eigenvalue weighted by molar-refractivity contribution is 0.0314. The van der Waals surface area contributed by atoms with Crippen LogP contribution in [0.2, 0.25) is 0 Å². The van der Waals surface area contributed by atoms with Crippen LogP contribution in [-0.2, 0) is 4.74 Å². The smallest absolute Gasteiger partial charge is 0.290 e. The standard InChI is InChI=1S/C26H28N2O5/c1-16-13-20-21(14-17(16)2)33-25-22(24(20)29)23(18-5-4-6-19(15-18)31-3)28(26(25)30)8-7-27-9-11-32-12-10-27/h4-6,13-15,23H,7-12H2,1-3H3. The first-order chi connectivity index (χ1) is 16.0. The van der Waals surface area contributed by atoms with Gasteiger partial charge in [-0.15, -0.1) is 0 Å². The summed E-state index contributed by atoms with van der Waals surface area (Å²) >= 11 is 0. The molecule has 172 valence electrons. The Hall–Kier alpha value is -3.16. The summed E-state index contributed by atoms with van der Waals surface area (Å²) in [4.78, 5) is 31.3. The number of rotatable bonds is 5. The molecular formula is C26H28N2O5. The molecule has 3 aromatic rings. The molecule has 2 aliphatic rings. The van der Waals surface area contributed by atoms with Gasteiger partial charge < -0.3 is 18.8 Å². The quantitative estimate of drug-likeness (QED) is 0.597. The Morgan fingerprint density at radius 1 is 1.03 bits per heavy atom. The number of morpholine rings is 1. The molecule has 0 radical (unpaired) electrons. The summed E-state index contributed by atoms with van der Waals surface area (Å²) in [6.45, 7) is 8.18. The average molecular weight is 449 g/mol. The molecule has 2 aromatic carbocycles. The third-order valence-corrected chi connectivity index (χ3v) is 6.75. The number of nitrogens with zero attached hydrogens (tertiary/aromatic N) is 2. The first-order valence-corrected chi connectivity index (χ1v) is 11.3. The summed E-state index contributed by atoms with van der Waals surface area (Å²) in [5.41, 5.74) is 3.58. The van der Waals surface area contributed by atoms with Crippen LogP contribution in [0.15, 0.2) is 45.6 Å². The van der Waals surface area contributed by atoms with Crippen molar-refractivity contribution in [1.82, 2.24) is 9.80 Å². The first-order valence-electron chi connectivity index (χ1n) is 11.3. The molecule has 0 aliphatic carbocycles. The Balaban J connectivity index is 1.63. The molecule has 1 unspecified atom stereocenters. The molecule has 1 atom stereocenters. The van der Waals surface area contributed by atoms with Crippen LogP contribution < -0.4 is 10.2 Å². The van der Waals surface area contributed by atoms with Gasteiger partial charge in [0.05, 0.1) is 37.3 Å². The van der Waals surface area contributed by atoms with E-state index in [1.54, 1.807) is 12.0 Å². The van der Waals surface area contributed by atoms with Crippen molar-refractivity contribution in [2.24, 2.45) is 0 Å². The summed E-state index contributed by atoms with van der Waals surface area (Å²) in [6, 6.07) is 10.7. The van der Waals surface area contributed by atoms with Crippen molar-refractivity contribution in [2.75, 3.05) is 46.5 Å². The van der Waals surface area contributed by atoms with Gasteiger partial charge in [-0.05, 0) is 54.8 Å². The first kappa shape index (κ1) is 21.7. The van der Waals surface area contributed by atoms with Crippen LogP contribution in [0.1, 0.15) is 38.9 Å². The number of methoxy groups -OCH3 is 1. The van der Waals surface area contributed by atoms with E-state index in [1.165, 1.54) is 0 Å². The van der Waals surface area contributed by atoms with Crippen LogP contribution in [0, 0.1) is 13.8 Å². The molecule has 0 bridgehead atoms. The van der Waals surface area contributed by atoms with Crippen LogP contribution in [0.5, 0.6) is 5.75 Å². The van der Waals surface area contributed by atoms with Crippen molar-refractivity contribution in [3.05, 3.63) is 74.6 Å². The Bertz CT molecular complexity index is 1280. The number of hydrogen-bond donors (Lipinski definition) is 0. The maximum absolute atomic E-state index is 13.7. The Kier molecular flexibility index (Phi) is 5.68. The van der Waals surface area contributed by atoms with E-state index >= 15 is 0 Å². The van der Waals surface area contributed by atoms with E-state index in [0.29, 0.717) is 48.6 Å². The summed E-state index contributed by atoms with van der Waals surface area (Å²) < 4.78 is 17.0.